The Balaban J connectivity index is 2.01. The van der Waals surface area contributed by atoms with Crippen molar-refractivity contribution >= 4 is 17.3 Å². The third-order valence-corrected chi connectivity index (χ3v) is 3.75. The maximum atomic E-state index is 6.38. The molecule has 0 unspecified atom stereocenters. The van der Waals surface area contributed by atoms with Crippen LogP contribution in [0.15, 0.2) is 30.6 Å². The first kappa shape index (κ1) is 15.9. The number of anilines is 1. The number of hydrogen-bond acceptors (Lipinski definition) is 3. The van der Waals surface area contributed by atoms with Crippen molar-refractivity contribution in [2.45, 2.75) is 26.4 Å². The second-order valence-corrected chi connectivity index (χ2v) is 5.74. The maximum absolute atomic E-state index is 6.38. The van der Waals surface area contributed by atoms with Crippen LogP contribution in [0.4, 0.5) is 5.69 Å². The van der Waals surface area contributed by atoms with Crippen LogP contribution in [0.1, 0.15) is 24.5 Å². The minimum atomic E-state index is 0.814. The first-order valence-electron chi connectivity index (χ1n) is 7.28. The van der Waals surface area contributed by atoms with Crippen LogP contribution in [-0.2, 0) is 20.1 Å². The van der Waals surface area contributed by atoms with Crippen LogP contribution in [0.2, 0.25) is 5.02 Å². The summed E-state index contributed by atoms with van der Waals surface area (Å²) < 4.78 is 1.82. The van der Waals surface area contributed by atoms with Gasteiger partial charge in [-0.25, -0.2) is 0 Å². The van der Waals surface area contributed by atoms with Gasteiger partial charge < -0.3 is 10.2 Å². The highest BCUT2D eigenvalue weighted by Gasteiger charge is 2.07. The smallest absolute Gasteiger partial charge is 0.0539 e. The molecule has 0 saturated heterocycles. The van der Waals surface area contributed by atoms with Gasteiger partial charge in [0.15, 0.2) is 0 Å². The van der Waals surface area contributed by atoms with Crippen molar-refractivity contribution in [1.29, 1.82) is 0 Å². The molecule has 0 radical (unpaired) electrons. The minimum Gasteiger partial charge on any atom is -0.370 e. The van der Waals surface area contributed by atoms with Crippen LogP contribution in [0.25, 0.3) is 0 Å². The zero-order chi connectivity index (χ0) is 15.2. The lowest BCUT2D eigenvalue weighted by molar-refractivity contribution is 0.675. The molecule has 0 amide bonds. The lowest BCUT2D eigenvalue weighted by Crippen LogP contribution is -2.17. The molecule has 0 aliphatic carbocycles. The zero-order valence-corrected chi connectivity index (χ0v) is 13.7. The molecule has 2 rings (SSSR count). The molecule has 21 heavy (non-hydrogen) atoms. The first-order chi connectivity index (χ1) is 10.1. The Kier molecular flexibility index (Phi) is 5.65. The highest BCUT2D eigenvalue weighted by Crippen LogP contribution is 2.24. The summed E-state index contributed by atoms with van der Waals surface area (Å²) in [5.74, 6) is 0. The molecule has 4 nitrogen and oxygen atoms in total. The molecule has 1 heterocycles. The van der Waals surface area contributed by atoms with Gasteiger partial charge in [0.25, 0.3) is 0 Å². The Morgan fingerprint density at radius 1 is 1.38 bits per heavy atom. The molecule has 0 aliphatic rings. The number of aromatic nitrogens is 2. The van der Waals surface area contributed by atoms with E-state index in [-0.39, 0.29) is 0 Å². The van der Waals surface area contributed by atoms with Crippen molar-refractivity contribution in [3.8, 4) is 0 Å². The lowest BCUT2D eigenvalue weighted by atomic mass is 10.2. The van der Waals surface area contributed by atoms with E-state index in [0.717, 1.165) is 42.3 Å². The Morgan fingerprint density at radius 2 is 2.19 bits per heavy atom. The van der Waals surface area contributed by atoms with Crippen LogP contribution in [-0.4, -0.2) is 23.4 Å². The normalized spacial score (nSPS) is 10.9. The molecule has 0 saturated carbocycles. The monoisotopic (exact) mass is 306 g/mol. The summed E-state index contributed by atoms with van der Waals surface area (Å²) in [6.45, 7) is 4.81. The third kappa shape index (κ3) is 4.48. The number of nitrogens with zero attached hydrogens (tertiary/aromatic N) is 3. The average Bonchev–Trinajstić information content (AvgIpc) is 2.86. The first-order valence-corrected chi connectivity index (χ1v) is 7.65. The largest absolute Gasteiger partial charge is 0.370 e. The number of hydrogen-bond donors (Lipinski definition) is 1. The molecular weight excluding hydrogens is 284 g/mol. The van der Waals surface area contributed by atoms with Crippen LogP contribution in [0.5, 0.6) is 0 Å². The van der Waals surface area contributed by atoms with Crippen LogP contribution in [0, 0.1) is 0 Å². The summed E-state index contributed by atoms with van der Waals surface area (Å²) in [4.78, 5) is 2.17. The van der Waals surface area contributed by atoms with E-state index in [2.05, 4.69) is 41.4 Å². The van der Waals surface area contributed by atoms with E-state index in [0.29, 0.717) is 0 Å². The molecule has 0 atom stereocenters. The average molecular weight is 307 g/mol. The van der Waals surface area contributed by atoms with E-state index in [1.165, 1.54) is 5.56 Å². The highest BCUT2D eigenvalue weighted by atomic mass is 35.5. The fourth-order valence-corrected chi connectivity index (χ4v) is 2.48. The second kappa shape index (κ2) is 7.48. The van der Waals surface area contributed by atoms with Crippen LogP contribution >= 0.6 is 11.6 Å². The van der Waals surface area contributed by atoms with Crippen molar-refractivity contribution in [2.24, 2.45) is 7.05 Å². The van der Waals surface area contributed by atoms with Crippen molar-refractivity contribution in [3.63, 3.8) is 0 Å². The van der Waals surface area contributed by atoms with E-state index in [1.807, 2.05) is 30.2 Å². The maximum Gasteiger partial charge on any atom is 0.0539 e. The van der Waals surface area contributed by atoms with Gasteiger partial charge in [0, 0.05) is 49.7 Å². The molecule has 0 spiro atoms. The third-order valence-electron chi connectivity index (χ3n) is 3.40. The van der Waals surface area contributed by atoms with Gasteiger partial charge in [0.1, 0.15) is 0 Å². The Hall–Kier alpha value is -1.52. The lowest BCUT2D eigenvalue weighted by Gasteiger charge is -2.19. The quantitative estimate of drug-likeness (QED) is 0.797. The minimum absolute atomic E-state index is 0.814. The second-order valence-electron chi connectivity index (χ2n) is 5.33. The van der Waals surface area contributed by atoms with Gasteiger partial charge in [-0.1, -0.05) is 24.6 Å². The van der Waals surface area contributed by atoms with Gasteiger partial charge in [0.05, 0.1) is 6.20 Å². The summed E-state index contributed by atoms with van der Waals surface area (Å²) in [6, 6.07) is 6.24. The number of benzene rings is 1. The van der Waals surface area contributed by atoms with E-state index in [1.54, 1.807) is 0 Å². The van der Waals surface area contributed by atoms with Gasteiger partial charge >= 0.3 is 0 Å². The molecule has 114 valence electrons. The molecule has 1 aromatic heterocycles. The van der Waals surface area contributed by atoms with E-state index in [9.17, 15) is 0 Å². The number of aryl methyl sites for hydroxylation is 1. The Labute approximate surface area is 131 Å². The molecule has 0 aliphatic heterocycles. The predicted octanol–water partition coefficient (Wildman–Crippen LogP) is 3.21. The molecule has 0 fully saturated rings. The van der Waals surface area contributed by atoms with Gasteiger partial charge in [-0.3, -0.25) is 4.68 Å². The summed E-state index contributed by atoms with van der Waals surface area (Å²) >= 11 is 6.38. The van der Waals surface area contributed by atoms with Crippen molar-refractivity contribution in [3.05, 3.63) is 46.7 Å². The molecule has 1 aromatic carbocycles. The summed E-state index contributed by atoms with van der Waals surface area (Å²) in [5, 5.41) is 8.38. The number of halogens is 1. The van der Waals surface area contributed by atoms with Gasteiger partial charge in [0.2, 0.25) is 0 Å². The fraction of sp³-hybridized carbons (Fsp3) is 0.438. The molecule has 5 heteroatoms. The predicted molar refractivity (Wildman–Crippen MR) is 88.8 cm³/mol. The van der Waals surface area contributed by atoms with Crippen LogP contribution < -0.4 is 10.2 Å². The van der Waals surface area contributed by atoms with E-state index in [4.69, 9.17) is 11.6 Å². The number of nitrogens with one attached hydrogen (secondary N) is 1. The zero-order valence-electron chi connectivity index (χ0n) is 12.9. The SMILES string of the molecule is CCCNCc1ccc(N(C)Cc2cnn(C)c2)cc1Cl. The molecule has 1 N–H and O–H groups in total. The summed E-state index contributed by atoms with van der Waals surface area (Å²) in [5.41, 5.74) is 3.44. The standard InChI is InChI=1S/C16H23ClN4/c1-4-7-18-10-14-5-6-15(8-16(14)17)20(2)11-13-9-19-21(3)12-13/h5-6,8-9,12,18H,4,7,10-11H2,1-3H3. The van der Waals surface area contributed by atoms with Crippen molar-refractivity contribution < 1.29 is 0 Å². The fourth-order valence-electron chi connectivity index (χ4n) is 2.24. The summed E-state index contributed by atoms with van der Waals surface area (Å²) in [7, 11) is 3.99. The Morgan fingerprint density at radius 3 is 2.81 bits per heavy atom. The van der Waals surface area contributed by atoms with Gasteiger partial charge in [-0.05, 0) is 30.7 Å². The van der Waals surface area contributed by atoms with E-state index >= 15 is 0 Å². The topological polar surface area (TPSA) is 33.1 Å². The van der Waals surface area contributed by atoms with E-state index < -0.39 is 0 Å². The van der Waals surface area contributed by atoms with Crippen molar-refractivity contribution in [1.82, 2.24) is 15.1 Å². The van der Waals surface area contributed by atoms with Gasteiger partial charge in [-0.15, -0.1) is 0 Å². The van der Waals surface area contributed by atoms with Crippen LogP contribution in [0.3, 0.4) is 0 Å². The molecular formula is C16H23ClN4. The highest BCUT2D eigenvalue weighted by molar-refractivity contribution is 6.31. The summed E-state index contributed by atoms with van der Waals surface area (Å²) in [6.07, 6.45) is 5.05. The Bertz CT molecular complexity index is 579. The molecule has 2 aromatic rings. The molecule has 0 bridgehead atoms. The number of rotatable bonds is 7. The van der Waals surface area contributed by atoms with Crippen molar-refractivity contribution in [2.75, 3.05) is 18.5 Å². The van der Waals surface area contributed by atoms with Gasteiger partial charge in [-0.2, -0.15) is 5.10 Å².